The summed E-state index contributed by atoms with van der Waals surface area (Å²) in [6.45, 7) is 0. The summed E-state index contributed by atoms with van der Waals surface area (Å²) in [5.41, 5.74) is 6.47. The number of carbonyl (C=O) groups excluding carboxylic acids is 1. The fourth-order valence-corrected chi connectivity index (χ4v) is 2.98. The van der Waals surface area contributed by atoms with Crippen molar-refractivity contribution in [3.8, 4) is 5.75 Å². The van der Waals surface area contributed by atoms with Crippen LogP contribution in [-0.4, -0.2) is 12.1 Å². The molecule has 1 amide bonds. The van der Waals surface area contributed by atoms with Crippen molar-refractivity contribution in [2.24, 2.45) is 5.73 Å². The second kappa shape index (κ2) is 8.37. The second-order valence-electron chi connectivity index (χ2n) is 5.28. The van der Waals surface area contributed by atoms with Gasteiger partial charge in [0.1, 0.15) is 5.75 Å². The normalized spacial score (nSPS) is 11.6. The molecule has 0 aromatic heterocycles. The summed E-state index contributed by atoms with van der Waals surface area (Å²) in [7, 11) is 0. The highest BCUT2D eigenvalue weighted by Gasteiger charge is 2.15. The maximum Gasteiger partial charge on any atom is 0.280 e. The minimum Gasteiger partial charge on any atom is -0.466 e. The molecule has 0 bridgehead atoms. The number of hydrogen-bond acceptors (Lipinski definition) is 4. The maximum atomic E-state index is 12.1. The van der Waals surface area contributed by atoms with Crippen LogP contribution in [-0.2, 0) is 4.79 Å². The van der Waals surface area contributed by atoms with E-state index in [0.717, 1.165) is 9.79 Å². The van der Waals surface area contributed by atoms with Crippen LogP contribution in [0.3, 0.4) is 0 Å². The Balaban J connectivity index is 1.56. The molecule has 1 atom stereocenters. The molecule has 0 spiro atoms. The number of nitrogens with one attached hydrogen (secondary N) is 1. The lowest BCUT2D eigenvalue weighted by molar-refractivity contribution is -0.122. The highest BCUT2D eigenvalue weighted by atomic mass is 32.2. The van der Waals surface area contributed by atoms with Crippen molar-refractivity contribution >= 4 is 23.4 Å². The molecule has 0 saturated carbocycles. The van der Waals surface area contributed by atoms with Crippen molar-refractivity contribution < 1.29 is 9.53 Å². The van der Waals surface area contributed by atoms with E-state index < -0.39 is 12.1 Å². The van der Waals surface area contributed by atoms with E-state index >= 15 is 0 Å². The molecule has 1 unspecified atom stereocenters. The van der Waals surface area contributed by atoms with Crippen LogP contribution in [0.1, 0.15) is 0 Å². The lowest BCUT2D eigenvalue weighted by atomic mass is 10.3. The number of anilines is 1. The van der Waals surface area contributed by atoms with E-state index in [4.69, 9.17) is 10.5 Å². The predicted molar refractivity (Wildman–Crippen MR) is 101 cm³/mol. The average molecular weight is 350 g/mol. The van der Waals surface area contributed by atoms with E-state index in [1.165, 1.54) is 0 Å². The van der Waals surface area contributed by atoms with Crippen LogP contribution in [0.2, 0.25) is 0 Å². The van der Waals surface area contributed by atoms with Crippen molar-refractivity contribution in [1.82, 2.24) is 0 Å². The van der Waals surface area contributed by atoms with Gasteiger partial charge in [-0.15, -0.1) is 0 Å². The summed E-state index contributed by atoms with van der Waals surface area (Å²) in [6, 6.07) is 26.7. The number of benzene rings is 3. The summed E-state index contributed by atoms with van der Waals surface area (Å²) in [6.07, 6.45) is -1.07. The zero-order valence-corrected chi connectivity index (χ0v) is 14.3. The first kappa shape index (κ1) is 17.1. The Kier molecular flexibility index (Phi) is 5.72. The van der Waals surface area contributed by atoms with Crippen molar-refractivity contribution in [2.75, 3.05) is 5.32 Å². The number of nitrogens with two attached hydrogens (primary N) is 1. The highest BCUT2D eigenvalue weighted by Crippen LogP contribution is 2.28. The Hall–Kier alpha value is -2.76. The van der Waals surface area contributed by atoms with Gasteiger partial charge >= 0.3 is 0 Å². The smallest absolute Gasteiger partial charge is 0.280 e. The number of para-hydroxylation sites is 1. The molecule has 0 saturated heterocycles. The van der Waals surface area contributed by atoms with Gasteiger partial charge in [-0.3, -0.25) is 10.5 Å². The standard InChI is InChI=1S/C20H18N2O2S/c21-19(24-16-7-3-1-4-8-16)20(23)22-15-11-13-18(14-12-15)25-17-9-5-2-6-10-17/h1-14,19H,21H2,(H,22,23). The zero-order valence-electron chi connectivity index (χ0n) is 13.5. The highest BCUT2D eigenvalue weighted by molar-refractivity contribution is 7.99. The van der Waals surface area contributed by atoms with Crippen molar-refractivity contribution in [2.45, 2.75) is 16.0 Å². The van der Waals surface area contributed by atoms with Crippen LogP contribution in [0.25, 0.3) is 0 Å². The van der Waals surface area contributed by atoms with E-state index in [9.17, 15) is 4.79 Å². The van der Waals surface area contributed by atoms with Crippen molar-refractivity contribution in [3.05, 3.63) is 84.9 Å². The van der Waals surface area contributed by atoms with E-state index in [2.05, 4.69) is 17.4 Å². The monoisotopic (exact) mass is 350 g/mol. The summed E-state index contributed by atoms with van der Waals surface area (Å²) >= 11 is 1.66. The van der Waals surface area contributed by atoms with Gasteiger partial charge in [0.15, 0.2) is 0 Å². The molecular formula is C20H18N2O2S. The molecule has 4 nitrogen and oxygen atoms in total. The number of rotatable bonds is 6. The Morgan fingerprint density at radius 2 is 1.40 bits per heavy atom. The Morgan fingerprint density at radius 3 is 2.04 bits per heavy atom. The summed E-state index contributed by atoms with van der Waals surface area (Å²) < 4.78 is 5.41. The number of hydrogen-bond donors (Lipinski definition) is 2. The van der Waals surface area contributed by atoms with Crippen LogP contribution < -0.4 is 15.8 Å². The fourth-order valence-electron chi connectivity index (χ4n) is 2.14. The molecule has 0 aliphatic carbocycles. The van der Waals surface area contributed by atoms with Crippen LogP contribution >= 0.6 is 11.8 Å². The van der Waals surface area contributed by atoms with E-state index in [1.807, 2.05) is 60.7 Å². The van der Waals surface area contributed by atoms with Gasteiger partial charge in [-0.05, 0) is 48.5 Å². The first-order chi connectivity index (χ1) is 12.2. The minimum absolute atomic E-state index is 0.396. The lowest BCUT2D eigenvalue weighted by Crippen LogP contribution is -2.40. The Labute approximate surface area is 151 Å². The van der Waals surface area contributed by atoms with Gasteiger partial charge < -0.3 is 10.1 Å². The van der Waals surface area contributed by atoms with E-state index in [-0.39, 0.29) is 0 Å². The zero-order chi connectivity index (χ0) is 17.5. The lowest BCUT2D eigenvalue weighted by Gasteiger charge is -2.14. The third-order valence-corrected chi connectivity index (χ3v) is 4.38. The summed E-state index contributed by atoms with van der Waals surface area (Å²) in [5, 5.41) is 2.75. The molecule has 126 valence electrons. The third-order valence-electron chi connectivity index (χ3n) is 3.37. The minimum atomic E-state index is -1.07. The molecule has 0 fully saturated rings. The largest absolute Gasteiger partial charge is 0.466 e. The molecule has 3 N–H and O–H groups in total. The van der Waals surface area contributed by atoms with E-state index in [0.29, 0.717) is 11.4 Å². The quantitative estimate of drug-likeness (QED) is 0.656. The van der Waals surface area contributed by atoms with E-state index in [1.54, 1.807) is 23.9 Å². The third kappa shape index (κ3) is 5.11. The first-order valence-electron chi connectivity index (χ1n) is 7.82. The summed E-state index contributed by atoms with van der Waals surface area (Å²) in [5.74, 6) is 0.159. The summed E-state index contributed by atoms with van der Waals surface area (Å²) in [4.78, 5) is 14.4. The molecular weight excluding hydrogens is 332 g/mol. The van der Waals surface area contributed by atoms with Crippen LogP contribution in [0.15, 0.2) is 94.7 Å². The number of amides is 1. The molecule has 0 radical (unpaired) electrons. The molecule has 0 aliphatic rings. The fraction of sp³-hybridized carbons (Fsp3) is 0.0500. The number of carbonyl (C=O) groups is 1. The Bertz CT molecular complexity index is 808. The van der Waals surface area contributed by atoms with Crippen LogP contribution in [0, 0.1) is 0 Å². The molecule has 5 heteroatoms. The van der Waals surface area contributed by atoms with Gasteiger partial charge in [0.2, 0.25) is 6.23 Å². The molecule has 0 heterocycles. The van der Waals surface area contributed by atoms with Crippen LogP contribution in [0.4, 0.5) is 5.69 Å². The van der Waals surface area contributed by atoms with Gasteiger partial charge in [0.25, 0.3) is 5.91 Å². The topological polar surface area (TPSA) is 64.3 Å². The predicted octanol–water partition coefficient (Wildman–Crippen LogP) is 4.14. The number of ether oxygens (including phenoxy) is 1. The first-order valence-corrected chi connectivity index (χ1v) is 8.63. The molecule has 3 aromatic rings. The van der Waals surface area contributed by atoms with Crippen molar-refractivity contribution in [1.29, 1.82) is 0 Å². The molecule has 25 heavy (non-hydrogen) atoms. The molecule has 3 rings (SSSR count). The van der Waals surface area contributed by atoms with Gasteiger partial charge in [0, 0.05) is 15.5 Å². The average Bonchev–Trinajstić information content (AvgIpc) is 2.65. The molecule has 0 aliphatic heterocycles. The van der Waals surface area contributed by atoms with Crippen molar-refractivity contribution in [3.63, 3.8) is 0 Å². The van der Waals surface area contributed by atoms with Crippen LogP contribution in [0.5, 0.6) is 5.75 Å². The van der Waals surface area contributed by atoms with Gasteiger partial charge in [-0.25, -0.2) is 0 Å². The maximum absolute atomic E-state index is 12.1. The molecule has 3 aromatic carbocycles. The van der Waals surface area contributed by atoms with Gasteiger partial charge in [-0.2, -0.15) is 0 Å². The van der Waals surface area contributed by atoms with Gasteiger partial charge in [0.05, 0.1) is 0 Å². The second-order valence-corrected chi connectivity index (χ2v) is 6.43. The SMILES string of the molecule is NC(Oc1ccccc1)C(=O)Nc1ccc(Sc2ccccc2)cc1. The Morgan fingerprint density at radius 1 is 0.840 bits per heavy atom. The van der Waals surface area contributed by atoms with Gasteiger partial charge in [-0.1, -0.05) is 48.2 Å².